The fourth-order valence-corrected chi connectivity index (χ4v) is 4.01. The molecule has 1 aliphatic heterocycles. The number of hydrogen-bond donors (Lipinski definition) is 2. The molecule has 3 aromatic carbocycles. The monoisotopic (exact) mass is 431 g/mol. The minimum Gasteiger partial charge on any atom is -0.454 e. The molecule has 2 heterocycles. The maximum absolute atomic E-state index is 12.3. The maximum Gasteiger partial charge on any atom is 0.251 e. The lowest BCUT2D eigenvalue weighted by molar-refractivity contribution is -0.115. The van der Waals surface area contributed by atoms with Crippen LogP contribution >= 0.6 is 11.3 Å². The Morgan fingerprint density at radius 3 is 2.71 bits per heavy atom. The van der Waals surface area contributed by atoms with E-state index >= 15 is 0 Å². The van der Waals surface area contributed by atoms with Crippen LogP contribution in [0.25, 0.3) is 22.0 Å². The molecule has 0 saturated carbocycles. The molecule has 0 atom stereocenters. The molecule has 1 aliphatic rings. The quantitative estimate of drug-likeness (QED) is 0.497. The second-order valence-corrected chi connectivity index (χ2v) is 7.76. The Balaban J connectivity index is 1.20. The second kappa shape index (κ2) is 8.08. The Bertz CT molecular complexity index is 1300. The number of aromatic nitrogens is 1. The fourth-order valence-electron chi connectivity index (χ4n) is 3.28. The molecule has 0 spiro atoms. The van der Waals surface area contributed by atoms with E-state index in [1.807, 2.05) is 29.6 Å². The topological polar surface area (TPSA) is 89.6 Å². The van der Waals surface area contributed by atoms with Crippen LogP contribution in [0.3, 0.4) is 0 Å². The minimum absolute atomic E-state index is 0.137. The zero-order chi connectivity index (χ0) is 21.2. The van der Waals surface area contributed by atoms with E-state index in [9.17, 15) is 9.59 Å². The number of nitrogens with one attached hydrogen (secondary N) is 2. The van der Waals surface area contributed by atoms with Gasteiger partial charge in [-0.05, 0) is 35.0 Å². The predicted molar refractivity (Wildman–Crippen MR) is 119 cm³/mol. The van der Waals surface area contributed by atoms with Crippen LogP contribution in [0.1, 0.15) is 10.4 Å². The molecule has 0 aliphatic carbocycles. The molecule has 0 unspecified atom stereocenters. The van der Waals surface area contributed by atoms with Gasteiger partial charge < -0.3 is 20.1 Å². The van der Waals surface area contributed by atoms with Crippen LogP contribution in [0, 0.1) is 0 Å². The molecule has 5 rings (SSSR count). The number of rotatable bonds is 5. The van der Waals surface area contributed by atoms with Crippen molar-refractivity contribution in [2.45, 2.75) is 0 Å². The molecular formula is C23H17N3O4S. The van der Waals surface area contributed by atoms with Crippen LogP contribution in [-0.4, -0.2) is 30.1 Å². The lowest BCUT2D eigenvalue weighted by Crippen LogP contribution is -2.32. The van der Waals surface area contributed by atoms with Gasteiger partial charge in [0, 0.05) is 16.5 Å². The highest BCUT2D eigenvalue weighted by atomic mass is 32.1. The van der Waals surface area contributed by atoms with E-state index in [0.29, 0.717) is 22.2 Å². The van der Waals surface area contributed by atoms with Gasteiger partial charge in [0.2, 0.25) is 12.7 Å². The lowest BCUT2D eigenvalue weighted by Gasteiger charge is -2.06. The summed E-state index contributed by atoms with van der Waals surface area (Å²) >= 11 is 1.34. The largest absolute Gasteiger partial charge is 0.454 e. The number of carbonyl (C=O) groups excluding carboxylic acids is 2. The van der Waals surface area contributed by atoms with Crippen LogP contribution in [0.4, 0.5) is 5.13 Å². The fraction of sp³-hybridized carbons (Fsp3) is 0.0870. The van der Waals surface area contributed by atoms with Gasteiger partial charge in [0.05, 0.1) is 12.2 Å². The molecule has 0 bridgehead atoms. The van der Waals surface area contributed by atoms with Crippen LogP contribution in [0.15, 0.2) is 66.0 Å². The number of anilines is 1. The van der Waals surface area contributed by atoms with Gasteiger partial charge in [-0.1, -0.05) is 36.4 Å². The molecule has 2 N–H and O–H groups in total. The summed E-state index contributed by atoms with van der Waals surface area (Å²) in [5, 5.41) is 9.99. The van der Waals surface area contributed by atoms with E-state index in [1.54, 1.807) is 18.2 Å². The Hall–Kier alpha value is -3.91. The second-order valence-electron chi connectivity index (χ2n) is 6.90. The number of thiazole rings is 1. The first-order valence-electron chi connectivity index (χ1n) is 9.58. The van der Waals surface area contributed by atoms with Crippen LogP contribution in [-0.2, 0) is 4.79 Å². The molecule has 2 amide bonds. The summed E-state index contributed by atoms with van der Waals surface area (Å²) in [6.07, 6.45) is 0. The molecule has 1 aromatic heterocycles. The van der Waals surface area contributed by atoms with Gasteiger partial charge in [-0.2, -0.15) is 0 Å². The third-order valence-electron chi connectivity index (χ3n) is 4.84. The standard InChI is InChI=1S/C23H17N3O4S/c27-21(11-24-22(28)17-7-8-19-20(10-17)30-13-29-19)26-23-25-18(12-31-23)16-6-5-14-3-1-2-4-15(14)9-16/h1-10,12H,11,13H2,(H,24,28)(H,25,26,27). The van der Waals surface area contributed by atoms with Gasteiger partial charge in [0.1, 0.15) is 0 Å². The van der Waals surface area contributed by atoms with Crippen LogP contribution < -0.4 is 20.1 Å². The number of hydrogen-bond acceptors (Lipinski definition) is 6. The first-order chi connectivity index (χ1) is 15.2. The molecule has 31 heavy (non-hydrogen) atoms. The molecule has 8 heteroatoms. The van der Waals surface area contributed by atoms with Gasteiger partial charge in [-0.25, -0.2) is 4.98 Å². The minimum atomic E-state index is -0.371. The van der Waals surface area contributed by atoms with E-state index < -0.39 is 0 Å². The van der Waals surface area contributed by atoms with E-state index in [0.717, 1.165) is 22.0 Å². The highest BCUT2D eigenvalue weighted by Gasteiger charge is 2.17. The van der Waals surface area contributed by atoms with Gasteiger partial charge in [-0.3, -0.25) is 9.59 Å². The van der Waals surface area contributed by atoms with Crippen molar-refractivity contribution in [1.82, 2.24) is 10.3 Å². The highest BCUT2D eigenvalue weighted by molar-refractivity contribution is 7.14. The van der Waals surface area contributed by atoms with E-state index in [1.165, 1.54) is 11.3 Å². The Labute approximate surface area is 181 Å². The SMILES string of the molecule is O=C(CNC(=O)c1ccc2c(c1)OCO2)Nc1nc(-c2ccc3ccccc3c2)cs1. The average molecular weight is 431 g/mol. The summed E-state index contributed by atoms with van der Waals surface area (Å²) in [4.78, 5) is 29.0. The molecule has 7 nitrogen and oxygen atoms in total. The van der Waals surface area contributed by atoms with Crippen molar-refractivity contribution in [2.75, 3.05) is 18.7 Å². The Morgan fingerprint density at radius 1 is 0.968 bits per heavy atom. The molecule has 4 aromatic rings. The van der Waals surface area contributed by atoms with Crippen molar-refractivity contribution < 1.29 is 19.1 Å². The van der Waals surface area contributed by atoms with Crippen LogP contribution in [0.2, 0.25) is 0 Å². The zero-order valence-corrected chi connectivity index (χ0v) is 17.1. The number of nitrogens with zero attached hydrogens (tertiary/aromatic N) is 1. The molecule has 0 radical (unpaired) electrons. The van der Waals surface area contributed by atoms with Crippen molar-refractivity contribution >= 4 is 39.1 Å². The summed E-state index contributed by atoms with van der Waals surface area (Å²) in [6, 6.07) is 19.1. The Kier molecular flexibility index (Phi) is 4.97. The van der Waals surface area contributed by atoms with E-state index in [4.69, 9.17) is 9.47 Å². The zero-order valence-electron chi connectivity index (χ0n) is 16.3. The summed E-state index contributed by atoms with van der Waals surface area (Å²) in [5.41, 5.74) is 2.16. The third-order valence-corrected chi connectivity index (χ3v) is 5.60. The number of amides is 2. The lowest BCUT2D eigenvalue weighted by atomic mass is 10.1. The smallest absolute Gasteiger partial charge is 0.251 e. The van der Waals surface area contributed by atoms with Crippen LogP contribution in [0.5, 0.6) is 11.5 Å². The van der Waals surface area contributed by atoms with Crippen molar-refractivity contribution in [3.8, 4) is 22.8 Å². The van der Waals surface area contributed by atoms with Gasteiger partial charge in [0.25, 0.3) is 5.91 Å². The van der Waals surface area contributed by atoms with Gasteiger partial charge in [-0.15, -0.1) is 11.3 Å². The van der Waals surface area contributed by atoms with Crippen molar-refractivity contribution in [3.05, 3.63) is 71.6 Å². The van der Waals surface area contributed by atoms with Gasteiger partial charge >= 0.3 is 0 Å². The third kappa shape index (κ3) is 4.06. The Morgan fingerprint density at radius 2 is 1.81 bits per heavy atom. The van der Waals surface area contributed by atoms with Gasteiger partial charge in [0.15, 0.2) is 16.6 Å². The number of benzene rings is 3. The maximum atomic E-state index is 12.3. The van der Waals surface area contributed by atoms with E-state index in [-0.39, 0.29) is 25.2 Å². The first-order valence-corrected chi connectivity index (χ1v) is 10.5. The molecule has 0 fully saturated rings. The summed E-state index contributed by atoms with van der Waals surface area (Å²) in [5.74, 6) is 0.388. The summed E-state index contributed by atoms with van der Waals surface area (Å²) in [6.45, 7) is -0.0318. The number of fused-ring (bicyclic) bond motifs is 2. The molecule has 0 saturated heterocycles. The highest BCUT2D eigenvalue weighted by Crippen LogP contribution is 2.32. The van der Waals surface area contributed by atoms with Crippen molar-refractivity contribution in [1.29, 1.82) is 0 Å². The first kappa shape index (κ1) is 19.1. The average Bonchev–Trinajstić information content (AvgIpc) is 3.46. The number of ether oxygens (including phenoxy) is 2. The molecule has 154 valence electrons. The van der Waals surface area contributed by atoms with Crippen molar-refractivity contribution in [2.24, 2.45) is 0 Å². The molecular weight excluding hydrogens is 414 g/mol. The van der Waals surface area contributed by atoms with E-state index in [2.05, 4.69) is 33.8 Å². The summed E-state index contributed by atoms with van der Waals surface area (Å²) in [7, 11) is 0. The normalized spacial score (nSPS) is 12.0. The van der Waals surface area contributed by atoms with Crippen molar-refractivity contribution in [3.63, 3.8) is 0 Å². The predicted octanol–water partition coefficient (Wildman–Crippen LogP) is 4.06. The number of carbonyl (C=O) groups is 2. The summed E-state index contributed by atoms with van der Waals surface area (Å²) < 4.78 is 10.5.